The Morgan fingerprint density at radius 3 is 2.48 bits per heavy atom. The molecule has 0 aromatic heterocycles. The summed E-state index contributed by atoms with van der Waals surface area (Å²) in [6, 6.07) is 12.1. The van der Waals surface area contributed by atoms with Gasteiger partial charge >= 0.3 is 0 Å². The van der Waals surface area contributed by atoms with Gasteiger partial charge in [0, 0.05) is 10.7 Å². The predicted octanol–water partition coefficient (Wildman–Crippen LogP) is 5.75. The Kier molecular flexibility index (Phi) is 5.59. The van der Waals surface area contributed by atoms with Crippen LogP contribution in [0.4, 0.5) is 10.5 Å². The van der Waals surface area contributed by atoms with E-state index in [1.54, 1.807) is 42.5 Å². The lowest BCUT2D eigenvalue weighted by molar-refractivity contribution is -0.122. The molecule has 0 spiro atoms. The Hall–Kier alpha value is -1.66. The van der Waals surface area contributed by atoms with Crippen LogP contribution in [0, 0.1) is 0 Å². The van der Waals surface area contributed by atoms with E-state index in [4.69, 9.17) is 34.8 Å². The fourth-order valence-electron chi connectivity index (χ4n) is 2.15. The van der Waals surface area contributed by atoms with Crippen LogP contribution in [-0.4, -0.2) is 22.7 Å². The maximum atomic E-state index is 12.5. The van der Waals surface area contributed by atoms with Gasteiger partial charge < -0.3 is 5.32 Å². The van der Waals surface area contributed by atoms with Crippen LogP contribution in [0.1, 0.15) is 5.56 Å². The van der Waals surface area contributed by atoms with Crippen molar-refractivity contribution in [3.05, 3.63) is 68.0 Å². The fourth-order valence-corrected chi connectivity index (χ4v) is 3.46. The smallest absolute Gasteiger partial charge is 0.295 e. The fraction of sp³-hybridized carbons (Fsp3) is 0.0588. The number of hydrogen-bond donors (Lipinski definition) is 1. The van der Waals surface area contributed by atoms with Gasteiger partial charge in [0.2, 0.25) is 0 Å². The summed E-state index contributed by atoms with van der Waals surface area (Å²) in [5, 5.41) is 3.97. The summed E-state index contributed by atoms with van der Waals surface area (Å²) in [5.74, 6) is -0.373. The second-order valence-electron chi connectivity index (χ2n) is 5.10. The van der Waals surface area contributed by atoms with E-state index in [1.165, 1.54) is 0 Å². The molecule has 0 saturated carbocycles. The molecule has 0 atom stereocenters. The van der Waals surface area contributed by atoms with Crippen LogP contribution in [0.15, 0.2) is 47.4 Å². The number of hydrogen-bond acceptors (Lipinski definition) is 4. The van der Waals surface area contributed by atoms with E-state index in [0.29, 0.717) is 31.2 Å². The highest BCUT2D eigenvalue weighted by Crippen LogP contribution is 2.33. The van der Waals surface area contributed by atoms with Crippen molar-refractivity contribution < 1.29 is 9.59 Å². The number of nitrogens with zero attached hydrogens (tertiary/aromatic N) is 1. The molecule has 128 valence electrons. The Morgan fingerprint density at radius 1 is 1.00 bits per heavy atom. The molecule has 2 aromatic rings. The molecule has 1 heterocycles. The van der Waals surface area contributed by atoms with Gasteiger partial charge in [-0.1, -0.05) is 53.0 Å². The molecule has 1 saturated heterocycles. The lowest BCUT2D eigenvalue weighted by atomic mass is 10.2. The second kappa shape index (κ2) is 7.70. The van der Waals surface area contributed by atoms with Crippen molar-refractivity contribution in [2.75, 3.05) is 12.0 Å². The first-order valence-corrected chi connectivity index (χ1v) is 9.09. The molecule has 1 aliphatic heterocycles. The molecule has 3 rings (SSSR count). The highest BCUT2D eigenvalue weighted by molar-refractivity contribution is 8.18. The van der Waals surface area contributed by atoms with Crippen LogP contribution in [0.3, 0.4) is 0 Å². The third kappa shape index (κ3) is 4.12. The summed E-state index contributed by atoms with van der Waals surface area (Å²) in [4.78, 5) is 26.0. The highest BCUT2D eigenvalue weighted by Gasteiger charge is 2.34. The molecule has 1 aliphatic rings. The number of carbonyl (C=O) groups is 2. The zero-order chi connectivity index (χ0) is 18.0. The molecule has 0 aliphatic carbocycles. The summed E-state index contributed by atoms with van der Waals surface area (Å²) < 4.78 is 0. The number of carbonyl (C=O) groups excluding carboxylic acids is 2. The zero-order valence-corrected chi connectivity index (χ0v) is 15.7. The van der Waals surface area contributed by atoms with Gasteiger partial charge in [0.15, 0.2) is 0 Å². The summed E-state index contributed by atoms with van der Waals surface area (Å²) in [5.41, 5.74) is 1.34. The van der Waals surface area contributed by atoms with Crippen LogP contribution < -0.4 is 5.32 Å². The van der Waals surface area contributed by atoms with E-state index < -0.39 is 0 Å². The van der Waals surface area contributed by atoms with Gasteiger partial charge in [-0.25, -0.2) is 0 Å². The molecule has 0 unspecified atom stereocenters. The molecule has 25 heavy (non-hydrogen) atoms. The quantitative estimate of drug-likeness (QED) is 0.648. The van der Waals surface area contributed by atoms with E-state index in [0.717, 1.165) is 16.7 Å². The molecule has 1 N–H and O–H groups in total. The van der Waals surface area contributed by atoms with Crippen molar-refractivity contribution in [3.8, 4) is 0 Å². The molecule has 4 nitrogen and oxygen atoms in total. The maximum absolute atomic E-state index is 12.5. The number of anilines is 1. The lowest BCUT2D eigenvalue weighted by Gasteiger charge is -2.14. The van der Waals surface area contributed by atoms with Crippen LogP contribution in [-0.2, 0) is 4.79 Å². The summed E-state index contributed by atoms with van der Waals surface area (Å²) in [7, 11) is 0. The van der Waals surface area contributed by atoms with Gasteiger partial charge in [0.05, 0.1) is 21.6 Å². The van der Waals surface area contributed by atoms with Gasteiger partial charge in [0.1, 0.15) is 0 Å². The van der Waals surface area contributed by atoms with E-state index in [9.17, 15) is 9.59 Å². The average molecular weight is 414 g/mol. The number of thioether (sulfide) groups is 1. The Balaban J connectivity index is 1.73. The molecular weight excluding hydrogens is 403 g/mol. The number of halogens is 3. The van der Waals surface area contributed by atoms with Crippen molar-refractivity contribution in [2.24, 2.45) is 0 Å². The van der Waals surface area contributed by atoms with Gasteiger partial charge in [-0.2, -0.15) is 0 Å². The molecular formula is C17H11Cl3N2O2S. The Labute approximate surface area is 163 Å². The third-order valence-corrected chi connectivity index (χ3v) is 5.42. The minimum absolute atomic E-state index is 0.0302. The van der Waals surface area contributed by atoms with Gasteiger partial charge in [-0.3, -0.25) is 14.5 Å². The van der Waals surface area contributed by atoms with E-state index in [-0.39, 0.29) is 17.8 Å². The van der Waals surface area contributed by atoms with Crippen molar-refractivity contribution in [1.29, 1.82) is 0 Å². The standard InChI is InChI=1S/C17H11Cl3N2O2S/c18-12-4-2-1-3-10(12)7-15-16(23)22(17(24)25-15)9-21-11-5-6-13(19)14(20)8-11/h1-8,21H,9H2. The second-order valence-corrected chi connectivity index (χ2v) is 7.31. The summed E-state index contributed by atoms with van der Waals surface area (Å²) >= 11 is 18.8. The van der Waals surface area contributed by atoms with Crippen LogP contribution in [0.2, 0.25) is 15.1 Å². The maximum Gasteiger partial charge on any atom is 0.295 e. The van der Waals surface area contributed by atoms with E-state index in [2.05, 4.69) is 5.32 Å². The van der Waals surface area contributed by atoms with Gasteiger partial charge in [0.25, 0.3) is 11.1 Å². The normalized spacial score (nSPS) is 16.0. The number of amides is 2. The zero-order valence-electron chi connectivity index (χ0n) is 12.6. The Bertz CT molecular complexity index is 886. The van der Waals surface area contributed by atoms with Gasteiger partial charge in [-0.05, 0) is 47.7 Å². The van der Waals surface area contributed by atoms with Crippen molar-refractivity contribution in [2.45, 2.75) is 0 Å². The SMILES string of the molecule is O=C1SC(=Cc2ccccc2Cl)C(=O)N1CNc1ccc(Cl)c(Cl)c1. The largest absolute Gasteiger partial charge is 0.367 e. The van der Waals surface area contributed by atoms with Crippen LogP contribution >= 0.6 is 46.6 Å². The van der Waals surface area contributed by atoms with Gasteiger partial charge in [-0.15, -0.1) is 0 Å². The molecule has 2 aromatic carbocycles. The lowest BCUT2D eigenvalue weighted by Crippen LogP contribution is -2.33. The molecule has 8 heteroatoms. The molecule has 0 radical (unpaired) electrons. The van der Waals surface area contributed by atoms with E-state index in [1.807, 2.05) is 6.07 Å². The Morgan fingerprint density at radius 2 is 1.76 bits per heavy atom. The first-order chi connectivity index (χ1) is 12.0. The minimum Gasteiger partial charge on any atom is -0.367 e. The van der Waals surface area contributed by atoms with E-state index >= 15 is 0 Å². The van der Waals surface area contributed by atoms with Crippen molar-refractivity contribution >= 4 is 69.5 Å². The minimum atomic E-state index is -0.373. The topological polar surface area (TPSA) is 49.4 Å². The summed E-state index contributed by atoms with van der Waals surface area (Å²) in [6.07, 6.45) is 1.62. The van der Waals surface area contributed by atoms with Crippen LogP contribution in [0.5, 0.6) is 0 Å². The molecule has 2 amide bonds. The number of rotatable bonds is 4. The first-order valence-electron chi connectivity index (χ1n) is 7.14. The number of imide groups is 1. The first kappa shape index (κ1) is 18.1. The van der Waals surface area contributed by atoms with Crippen molar-refractivity contribution in [1.82, 2.24) is 4.90 Å². The number of benzene rings is 2. The molecule has 1 fully saturated rings. The third-order valence-electron chi connectivity index (χ3n) is 3.43. The predicted molar refractivity (Wildman–Crippen MR) is 104 cm³/mol. The molecule has 0 bridgehead atoms. The van der Waals surface area contributed by atoms with Crippen molar-refractivity contribution in [3.63, 3.8) is 0 Å². The van der Waals surface area contributed by atoms with Crippen LogP contribution in [0.25, 0.3) is 6.08 Å². The monoisotopic (exact) mass is 412 g/mol. The number of nitrogens with one attached hydrogen (secondary N) is 1. The average Bonchev–Trinajstić information content (AvgIpc) is 2.85. The highest BCUT2D eigenvalue weighted by atomic mass is 35.5. The summed E-state index contributed by atoms with van der Waals surface area (Å²) in [6.45, 7) is 0.0302.